The first-order valence-corrected chi connectivity index (χ1v) is 20.3. The number of thiophene rings is 1. The zero-order valence-electron chi connectivity index (χ0n) is 32.5. The van der Waals surface area contributed by atoms with Crippen molar-refractivity contribution in [3.8, 4) is 28.0 Å². The number of anilines is 6. The van der Waals surface area contributed by atoms with Crippen LogP contribution in [0.15, 0.2) is 201 Å². The van der Waals surface area contributed by atoms with E-state index in [9.17, 15) is 0 Å². The van der Waals surface area contributed by atoms with Gasteiger partial charge < -0.3 is 14.5 Å². The SMILES string of the molecule is C=Cc1c(/C=C\C)sc2cc(N(c3ccccc3)c3cccc(-c4cc(OC)cc(N(c5ccccc5)c5ccccc5-c5cccc6ccccc56)c4)c3)ccc12. The van der Waals surface area contributed by atoms with Gasteiger partial charge in [0.25, 0.3) is 0 Å². The standard InChI is InChI=1S/C54H42N2OS/c1-4-18-53-47(5-2)51-32-31-44(37-54(51)58-53)55(41-22-8-6-9-23-41)43-26-16-21-39(33-43)40-34-45(36-46(35-40)57-3)56(42-24-10-7-11-25-42)52-30-15-14-28-50(52)49-29-17-20-38-19-12-13-27-48(38)49/h4-37H,2H2,1,3H3/b18-4-. The number of hydrogen-bond acceptors (Lipinski definition) is 4. The van der Waals surface area contributed by atoms with Crippen molar-refractivity contribution in [3.05, 3.63) is 211 Å². The molecule has 8 aromatic carbocycles. The predicted octanol–water partition coefficient (Wildman–Crippen LogP) is 16.0. The van der Waals surface area contributed by atoms with Gasteiger partial charge in [0.05, 0.1) is 18.5 Å². The molecule has 0 unspecified atom stereocenters. The fourth-order valence-corrected chi connectivity index (χ4v) is 9.17. The van der Waals surface area contributed by atoms with Crippen molar-refractivity contribution in [3.63, 3.8) is 0 Å². The Hall–Kier alpha value is -7.14. The Balaban J connectivity index is 1.19. The average Bonchev–Trinajstić information content (AvgIpc) is 3.63. The first-order valence-electron chi connectivity index (χ1n) is 19.5. The molecule has 0 aliphatic heterocycles. The number of allylic oxidation sites excluding steroid dienone is 1. The van der Waals surface area contributed by atoms with Gasteiger partial charge in [0, 0.05) is 49.3 Å². The molecule has 9 aromatic rings. The van der Waals surface area contributed by atoms with Crippen molar-refractivity contribution in [1.82, 2.24) is 0 Å². The van der Waals surface area contributed by atoms with E-state index in [1.54, 1.807) is 18.4 Å². The van der Waals surface area contributed by atoms with Crippen LogP contribution >= 0.6 is 11.3 Å². The van der Waals surface area contributed by atoms with Crippen molar-refractivity contribution in [2.45, 2.75) is 6.92 Å². The van der Waals surface area contributed by atoms with Crippen molar-refractivity contribution >= 4 is 78.5 Å². The second-order valence-electron chi connectivity index (χ2n) is 14.1. The predicted molar refractivity (Wildman–Crippen MR) is 251 cm³/mol. The van der Waals surface area contributed by atoms with Gasteiger partial charge in [0.15, 0.2) is 0 Å². The molecule has 0 aliphatic carbocycles. The third kappa shape index (κ3) is 6.95. The minimum absolute atomic E-state index is 0.777. The minimum Gasteiger partial charge on any atom is -0.497 e. The lowest BCUT2D eigenvalue weighted by atomic mass is 9.96. The lowest BCUT2D eigenvalue weighted by molar-refractivity contribution is 0.415. The Morgan fingerprint density at radius 2 is 1.16 bits per heavy atom. The number of benzene rings is 8. The molecule has 0 atom stereocenters. The Bertz CT molecular complexity index is 2920. The second kappa shape index (κ2) is 16.1. The van der Waals surface area contributed by atoms with Gasteiger partial charge in [0.2, 0.25) is 0 Å². The number of fused-ring (bicyclic) bond motifs is 2. The number of ether oxygens (including phenoxy) is 1. The van der Waals surface area contributed by atoms with Crippen LogP contribution in [0.2, 0.25) is 0 Å². The molecule has 0 fully saturated rings. The fourth-order valence-electron chi connectivity index (χ4n) is 7.96. The Morgan fingerprint density at radius 1 is 0.517 bits per heavy atom. The molecule has 0 N–H and O–H groups in total. The lowest BCUT2D eigenvalue weighted by Crippen LogP contribution is -2.11. The number of para-hydroxylation sites is 3. The summed E-state index contributed by atoms with van der Waals surface area (Å²) in [5, 5.41) is 3.64. The van der Waals surface area contributed by atoms with Gasteiger partial charge in [-0.1, -0.05) is 134 Å². The van der Waals surface area contributed by atoms with E-state index in [-0.39, 0.29) is 0 Å². The van der Waals surface area contributed by atoms with Crippen LogP contribution in [0.25, 0.3) is 55.3 Å². The van der Waals surface area contributed by atoms with E-state index in [0.29, 0.717) is 0 Å². The van der Waals surface area contributed by atoms with Crippen molar-refractivity contribution < 1.29 is 4.74 Å². The summed E-state index contributed by atoms with van der Waals surface area (Å²) in [4.78, 5) is 5.90. The molecular weight excluding hydrogens is 725 g/mol. The summed E-state index contributed by atoms with van der Waals surface area (Å²) < 4.78 is 7.28. The normalized spacial score (nSPS) is 11.3. The van der Waals surface area contributed by atoms with E-state index in [2.05, 4.69) is 224 Å². The third-order valence-electron chi connectivity index (χ3n) is 10.6. The quantitative estimate of drug-likeness (QED) is 0.130. The van der Waals surface area contributed by atoms with Gasteiger partial charge in [-0.3, -0.25) is 0 Å². The van der Waals surface area contributed by atoms with Crippen LogP contribution in [-0.2, 0) is 0 Å². The topological polar surface area (TPSA) is 15.7 Å². The maximum absolute atomic E-state index is 6.06. The molecule has 0 bridgehead atoms. The zero-order valence-corrected chi connectivity index (χ0v) is 33.4. The van der Waals surface area contributed by atoms with E-state index >= 15 is 0 Å². The van der Waals surface area contributed by atoms with Gasteiger partial charge in [-0.2, -0.15) is 0 Å². The van der Waals surface area contributed by atoms with Crippen LogP contribution in [0, 0.1) is 0 Å². The third-order valence-corrected chi connectivity index (χ3v) is 11.7. The molecule has 280 valence electrons. The summed E-state index contributed by atoms with van der Waals surface area (Å²) in [7, 11) is 1.74. The maximum Gasteiger partial charge on any atom is 0.121 e. The Kier molecular flexibility index (Phi) is 10.2. The molecular formula is C54H42N2OS. The van der Waals surface area contributed by atoms with Gasteiger partial charge in [-0.05, 0) is 113 Å². The molecule has 58 heavy (non-hydrogen) atoms. The molecule has 0 spiro atoms. The minimum atomic E-state index is 0.777. The van der Waals surface area contributed by atoms with Crippen LogP contribution in [-0.4, -0.2) is 7.11 Å². The molecule has 3 nitrogen and oxygen atoms in total. The lowest BCUT2D eigenvalue weighted by Gasteiger charge is -2.29. The highest BCUT2D eigenvalue weighted by Gasteiger charge is 2.21. The van der Waals surface area contributed by atoms with E-state index in [1.165, 1.54) is 36.9 Å². The molecule has 4 heteroatoms. The van der Waals surface area contributed by atoms with Gasteiger partial charge >= 0.3 is 0 Å². The molecule has 9 rings (SSSR count). The molecule has 0 aliphatic rings. The molecule has 0 saturated heterocycles. The molecule has 0 amide bonds. The van der Waals surface area contributed by atoms with E-state index in [1.807, 2.05) is 6.08 Å². The van der Waals surface area contributed by atoms with Gasteiger partial charge in [-0.15, -0.1) is 11.3 Å². The number of hydrogen-bond donors (Lipinski definition) is 0. The zero-order chi connectivity index (χ0) is 39.4. The van der Waals surface area contributed by atoms with E-state index < -0.39 is 0 Å². The highest BCUT2D eigenvalue weighted by molar-refractivity contribution is 7.20. The van der Waals surface area contributed by atoms with E-state index in [4.69, 9.17) is 4.74 Å². The fraction of sp³-hybridized carbons (Fsp3) is 0.0370. The van der Waals surface area contributed by atoms with Crippen molar-refractivity contribution in [1.29, 1.82) is 0 Å². The smallest absolute Gasteiger partial charge is 0.121 e. The van der Waals surface area contributed by atoms with Crippen molar-refractivity contribution in [2.75, 3.05) is 16.9 Å². The largest absolute Gasteiger partial charge is 0.497 e. The summed E-state index contributed by atoms with van der Waals surface area (Å²) in [6, 6.07) is 67.1. The molecule has 0 radical (unpaired) electrons. The summed E-state index contributed by atoms with van der Waals surface area (Å²) in [6.07, 6.45) is 6.23. The summed E-state index contributed by atoms with van der Waals surface area (Å²) in [5.41, 5.74) is 12.0. The molecule has 1 aromatic heterocycles. The monoisotopic (exact) mass is 766 g/mol. The van der Waals surface area contributed by atoms with Crippen LogP contribution in [0.1, 0.15) is 17.4 Å². The van der Waals surface area contributed by atoms with Crippen LogP contribution in [0.5, 0.6) is 5.75 Å². The summed E-state index contributed by atoms with van der Waals surface area (Å²) in [6.45, 7) is 6.19. The second-order valence-corrected chi connectivity index (χ2v) is 15.2. The highest BCUT2D eigenvalue weighted by Crippen LogP contribution is 2.46. The van der Waals surface area contributed by atoms with Gasteiger partial charge in [0.1, 0.15) is 5.75 Å². The summed E-state index contributed by atoms with van der Waals surface area (Å²) in [5.74, 6) is 0.777. The van der Waals surface area contributed by atoms with Crippen LogP contribution < -0.4 is 14.5 Å². The van der Waals surface area contributed by atoms with Gasteiger partial charge in [-0.25, -0.2) is 0 Å². The first-order chi connectivity index (χ1) is 28.6. The Morgan fingerprint density at radius 3 is 1.93 bits per heavy atom. The van der Waals surface area contributed by atoms with Crippen molar-refractivity contribution in [2.24, 2.45) is 0 Å². The number of rotatable bonds is 11. The van der Waals surface area contributed by atoms with Crippen LogP contribution in [0.3, 0.4) is 0 Å². The average molecular weight is 767 g/mol. The molecule has 0 saturated carbocycles. The Labute approximate surface area is 344 Å². The van der Waals surface area contributed by atoms with Crippen LogP contribution in [0.4, 0.5) is 34.1 Å². The first kappa shape index (κ1) is 36.5. The highest BCUT2D eigenvalue weighted by atomic mass is 32.1. The molecule has 1 heterocycles. The van der Waals surface area contributed by atoms with E-state index in [0.717, 1.165) is 56.6 Å². The maximum atomic E-state index is 6.06. The summed E-state index contributed by atoms with van der Waals surface area (Å²) >= 11 is 1.80. The number of methoxy groups -OCH3 is 1. The number of nitrogens with zero attached hydrogens (tertiary/aromatic N) is 2.